The molecule has 0 unspecified atom stereocenters. The Morgan fingerprint density at radius 1 is 0.941 bits per heavy atom. The maximum Gasteiger partial charge on any atom is 0.227 e. The van der Waals surface area contributed by atoms with Gasteiger partial charge < -0.3 is 10.1 Å². The van der Waals surface area contributed by atoms with E-state index in [0.717, 1.165) is 38.9 Å². The quantitative estimate of drug-likeness (QED) is 0.321. The lowest BCUT2D eigenvalue weighted by Gasteiger charge is -2.39. The summed E-state index contributed by atoms with van der Waals surface area (Å²) in [5.74, 6) is 1.51. The van der Waals surface area contributed by atoms with Gasteiger partial charge >= 0.3 is 0 Å². The van der Waals surface area contributed by atoms with E-state index < -0.39 is 0 Å². The predicted octanol–water partition coefficient (Wildman–Crippen LogP) is 6.83. The van der Waals surface area contributed by atoms with Gasteiger partial charge in [0, 0.05) is 16.2 Å². The van der Waals surface area contributed by atoms with Gasteiger partial charge in [0.15, 0.2) is 0 Å². The molecule has 34 heavy (non-hydrogen) atoms. The van der Waals surface area contributed by atoms with Crippen molar-refractivity contribution in [3.63, 3.8) is 0 Å². The monoisotopic (exact) mass is 486 g/mol. The van der Waals surface area contributed by atoms with Gasteiger partial charge in [-0.2, -0.15) is 4.98 Å². The number of aryl methyl sites for hydroxylation is 2. The number of anilines is 1. The molecule has 3 aromatic carbocycles. The average Bonchev–Trinajstić information content (AvgIpc) is 3.27. The maximum absolute atomic E-state index is 6.68. The third-order valence-corrected chi connectivity index (χ3v) is 7.14. The second kappa shape index (κ2) is 8.22. The van der Waals surface area contributed by atoms with E-state index in [1.165, 1.54) is 22.9 Å². The third kappa shape index (κ3) is 3.49. The summed E-state index contributed by atoms with van der Waals surface area (Å²) in [6.07, 6.45) is 1.70. The normalized spacial score (nSPS) is 18.5. The van der Waals surface area contributed by atoms with Crippen molar-refractivity contribution in [2.45, 2.75) is 31.1 Å². The van der Waals surface area contributed by atoms with Gasteiger partial charge in [0.1, 0.15) is 17.9 Å². The van der Waals surface area contributed by atoms with Crippen LogP contribution in [0.1, 0.15) is 40.0 Å². The molecule has 2 atom stereocenters. The van der Waals surface area contributed by atoms with Crippen molar-refractivity contribution in [3.05, 3.63) is 105 Å². The molecule has 170 valence electrons. The van der Waals surface area contributed by atoms with E-state index in [0.29, 0.717) is 11.0 Å². The van der Waals surface area contributed by atoms with E-state index in [-0.39, 0.29) is 12.1 Å². The van der Waals surface area contributed by atoms with E-state index in [1.54, 1.807) is 0 Å². The van der Waals surface area contributed by atoms with Crippen LogP contribution in [0, 0.1) is 13.8 Å². The number of nitrogens with zero attached hydrogens (tertiary/aromatic N) is 3. The van der Waals surface area contributed by atoms with Crippen LogP contribution in [0.5, 0.6) is 5.75 Å². The smallest absolute Gasteiger partial charge is 0.227 e. The number of fused-ring (bicyclic) bond motifs is 3. The Kier molecular flexibility index (Phi) is 5.15. The number of ether oxygens (including phenoxy) is 1. The van der Waals surface area contributed by atoms with Crippen LogP contribution in [0.2, 0.25) is 5.02 Å². The standard InChI is InChI=1S/C27H23ClN4OS/c1-15-4-8-17(9-5-15)24-22-23(29-26-30-27(34-3)31-32(24)26)20-14-19(28)12-13-21(20)33-25(22)18-10-6-16(2)7-11-18/h4-14,24-25H,1-3H3,(H,29,30,31)/t24-,25-/m1/s1. The molecule has 0 amide bonds. The molecule has 0 aliphatic carbocycles. The fourth-order valence-corrected chi connectivity index (χ4v) is 5.17. The van der Waals surface area contributed by atoms with Gasteiger partial charge in [-0.25, -0.2) is 4.68 Å². The van der Waals surface area contributed by atoms with E-state index in [1.807, 2.05) is 29.1 Å². The van der Waals surface area contributed by atoms with Crippen molar-refractivity contribution in [2.24, 2.45) is 0 Å². The number of aromatic nitrogens is 3. The van der Waals surface area contributed by atoms with E-state index in [9.17, 15) is 0 Å². The molecular weight excluding hydrogens is 464 g/mol. The van der Waals surface area contributed by atoms with Crippen molar-refractivity contribution in [2.75, 3.05) is 11.6 Å². The summed E-state index contributed by atoms with van der Waals surface area (Å²) in [5, 5.41) is 9.80. The Hall–Kier alpha value is -3.22. The molecular formula is C27H23ClN4OS. The van der Waals surface area contributed by atoms with Crippen LogP contribution in [0.25, 0.3) is 5.70 Å². The summed E-state index contributed by atoms with van der Waals surface area (Å²) in [6.45, 7) is 4.19. The lowest BCUT2D eigenvalue weighted by Crippen LogP contribution is -2.32. The molecule has 1 N–H and O–H groups in total. The van der Waals surface area contributed by atoms with Gasteiger partial charge in [-0.05, 0) is 49.4 Å². The summed E-state index contributed by atoms with van der Waals surface area (Å²) in [7, 11) is 0. The van der Waals surface area contributed by atoms with E-state index >= 15 is 0 Å². The number of rotatable bonds is 3. The fourth-order valence-electron chi connectivity index (χ4n) is 4.65. The van der Waals surface area contributed by atoms with Gasteiger partial charge in [0.05, 0.1) is 5.70 Å². The van der Waals surface area contributed by atoms with Gasteiger partial charge in [-0.3, -0.25) is 0 Å². The van der Waals surface area contributed by atoms with Crippen molar-refractivity contribution >= 4 is 35.0 Å². The number of thioether (sulfide) groups is 1. The fraction of sp³-hybridized carbons (Fsp3) is 0.185. The molecule has 4 aromatic rings. The van der Waals surface area contributed by atoms with Crippen molar-refractivity contribution < 1.29 is 4.74 Å². The molecule has 3 heterocycles. The zero-order valence-corrected chi connectivity index (χ0v) is 20.6. The Morgan fingerprint density at radius 2 is 1.62 bits per heavy atom. The van der Waals surface area contributed by atoms with Crippen LogP contribution in [-0.2, 0) is 0 Å². The zero-order valence-electron chi connectivity index (χ0n) is 19.0. The minimum Gasteiger partial charge on any atom is -0.480 e. The topological polar surface area (TPSA) is 52.0 Å². The largest absolute Gasteiger partial charge is 0.480 e. The first-order valence-electron chi connectivity index (χ1n) is 11.1. The molecule has 2 aliphatic heterocycles. The summed E-state index contributed by atoms with van der Waals surface area (Å²) in [4.78, 5) is 4.75. The number of nitrogens with one attached hydrogen (secondary N) is 1. The number of halogens is 1. The lowest BCUT2D eigenvalue weighted by atomic mass is 9.84. The van der Waals surface area contributed by atoms with Gasteiger partial charge in [0.2, 0.25) is 11.1 Å². The van der Waals surface area contributed by atoms with Crippen LogP contribution >= 0.6 is 23.4 Å². The number of hydrogen-bond donors (Lipinski definition) is 1. The van der Waals surface area contributed by atoms with Crippen molar-refractivity contribution in [1.82, 2.24) is 14.8 Å². The van der Waals surface area contributed by atoms with Crippen molar-refractivity contribution in [3.8, 4) is 5.75 Å². The Morgan fingerprint density at radius 3 is 2.29 bits per heavy atom. The highest BCUT2D eigenvalue weighted by Gasteiger charge is 2.41. The Balaban J connectivity index is 1.63. The molecule has 0 fully saturated rings. The molecule has 6 rings (SSSR count). The van der Waals surface area contributed by atoms with Crippen LogP contribution in [0.15, 0.2) is 77.5 Å². The number of benzene rings is 3. The van der Waals surface area contributed by atoms with E-state index in [4.69, 9.17) is 26.4 Å². The highest BCUT2D eigenvalue weighted by molar-refractivity contribution is 7.98. The third-order valence-electron chi connectivity index (χ3n) is 6.37. The average molecular weight is 487 g/mol. The molecule has 7 heteroatoms. The van der Waals surface area contributed by atoms with Crippen LogP contribution in [0.4, 0.5) is 5.95 Å². The first-order valence-corrected chi connectivity index (χ1v) is 12.7. The van der Waals surface area contributed by atoms with E-state index in [2.05, 4.69) is 67.7 Å². The first kappa shape index (κ1) is 21.3. The zero-order chi connectivity index (χ0) is 23.4. The van der Waals surface area contributed by atoms with Gasteiger partial charge in [-0.15, -0.1) is 5.10 Å². The van der Waals surface area contributed by atoms with Crippen LogP contribution in [0.3, 0.4) is 0 Å². The van der Waals surface area contributed by atoms with Crippen molar-refractivity contribution in [1.29, 1.82) is 0 Å². The molecule has 0 bridgehead atoms. The van der Waals surface area contributed by atoms with Gasteiger partial charge in [-0.1, -0.05) is 83.0 Å². The molecule has 1 aromatic heterocycles. The van der Waals surface area contributed by atoms with Crippen LogP contribution in [-0.4, -0.2) is 21.0 Å². The molecule has 0 spiro atoms. The summed E-state index contributed by atoms with van der Waals surface area (Å²) in [6, 6.07) is 22.7. The summed E-state index contributed by atoms with van der Waals surface area (Å²) in [5.41, 5.74) is 7.64. The molecule has 0 saturated heterocycles. The minimum atomic E-state index is -0.293. The summed E-state index contributed by atoms with van der Waals surface area (Å²) >= 11 is 7.96. The predicted molar refractivity (Wildman–Crippen MR) is 138 cm³/mol. The maximum atomic E-state index is 6.68. The highest BCUT2D eigenvalue weighted by Crippen LogP contribution is 2.51. The van der Waals surface area contributed by atoms with Gasteiger partial charge in [0.25, 0.3) is 0 Å². The Bertz CT molecular complexity index is 1430. The number of hydrogen-bond acceptors (Lipinski definition) is 5. The second-order valence-corrected chi connectivity index (χ2v) is 9.89. The Labute approximate surface area is 207 Å². The van der Waals surface area contributed by atoms with Crippen LogP contribution < -0.4 is 10.1 Å². The lowest BCUT2D eigenvalue weighted by molar-refractivity contribution is 0.223. The summed E-state index contributed by atoms with van der Waals surface area (Å²) < 4.78 is 8.66. The first-order chi connectivity index (χ1) is 16.5. The minimum absolute atomic E-state index is 0.182. The molecule has 0 radical (unpaired) electrons. The SMILES string of the molecule is CSc1nc2n(n1)[C@H](c1ccc(C)cc1)C1=C(N2)c2cc(Cl)ccc2O[C@@H]1c1ccc(C)cc1. The molecule has 5 nitrogen and oxygen atoms in total. The second-order valence-electron chi connectivity index (χ2n) is 8.68. The molecule has 2 aliphatic rings. The molecule has 0 saturated carbocycles. The highest BCUT2D eigenvalue weighted by atomic mass is 35.5.